The van der Waals surface area contributed by atoms with Crippen LogP contribution in [0.3, 0.4) is 0 Å². The molecule has 6 heteroatoms. The fraction of sp³-hybridized carbons (Fsp3) is 0.188. The fourth-order valence-corrected chi connectivity index (χ4v) is 2.11. The second-order valence-corrected chi connectivity index (χ2v) is 4.98. The molecule has 4 nitrogen and oxygen atoms in total. The first kappa shape index (κ1) is 16.1. The number of rotatable bonds is 6. The molecule has 0 unspecified atom stereocenters. The van der Waals surface area contributed by atoms with E-state index in [2.05, 4.69) is 10.6 Å². The smallest absolute Gasteiger partial charge is 0.239 e. The van der Waals surface area contributed by atoms with Crippen LogP contribution >= 0.6 is 11.6 Å². The Hall–Kier alpha value is -2.27. The number of anilines is 1. The highest BCUT2D eigenvalue weighted by molar-refractivity contribution is 6.32. The molecule has 116 valence electrons. The van der Waals surface area contributed by atoms with Crippen LogP contribution in [0.5, 0.6) is 5.75 Å². The molecule has 0 bridgehead atoms. The molecule has 2 N–H and O–H groups in total. The van der Waals surface area contributed by atoms with Crippen LogP contribution in [-0.2, 0) is 11.3 Å². The molecule has 0 aliphatic rings. The van der Waals surface area contributed by atoms with E-state index in [-0.39, 0.29) is 24.8 Å². The van der Waals surface area contributed by atoms with Crippen molar-refractivity contribution >= 4 is 23.2 Å². The summed E-state index contributed by atoms with van der Waals surface area (Å²) in [6, 6.07) is 11.5. The van der Waals surface area contributed by atoms with E-state index in [1.165, 1.54) is 13.2 Å². The summed E-state index contributed by atoms with van der Waals surface area (Å²) in [5.41, 5.74) is 1.15. The van der Waals surface area contributed by atoms with Crippen molar-refractivity contribution < 1.29 is 13.9 Å². The molecule has 0 aromatic heterocycles. The molecule has 0 saturated heterocycles. The van der Waals surface area contributed by atoms with E-state index in [0.717, 1.165) is 0 Å². The number of hydrogen-bond acceptors (Lipinski definition) is 3. The highest BCUT2D eigenvalue weighted by atomic mass is 35.5. The molecule has 0 atom stereocenters. The number of carbonyl (C=O) groups is 1. The van der Waals surface area contributed by atoms with Crippen LogP contribution in [0, 0.1) is 5.82 Å². The number of ether oxygens (including phenoxy) is 1. The largest absolute Gasteiger partial charge is 0.495 e. The molecule has 22 heavy (non-hydrogen) atoms. The van der Waals surface area contributed by atoms with Gasteiger partial charge in [0.15, 0.2) is 0 Å². The Morgan fingerprint density at radius 3 is 2.73 bits per heavy atom. The third-order valence-corrected chi connectivity index (χ3v) is 3.33. The molecule has 0 radical (unpaired) electrons. The Labute approximate surface area is 133 Å². The molecule has 0 spiro atoms. The molecule has 2 aromatic carbocycles. The van der Waals surface area contributed by atoms with Gasteiger partial charge in [-0.05, 0) is 24.3 Å². The first-order valence-corrected chi connectivity index (χ1v) is 7.05. The molecule has 0 saturated carbocycles. The summed E-state index contributed by atoms with van der Waals surface area (Å²) >= 11 is 6.00. The van der Waals surface area contributed by atoms with Crippen molar-refractivity contribution in [1.29, 1.82) is 0 Å². The van der Waals surface area contributed by atoms with E-state index in [4.69, 9.17) is 16.3 Å². The number of benzene rings is 2. The van der Waals surface area contributed by atoms with Gasteiger partial charge in [-0.3, -0.25) is 4.79 Å². The van der Waals surface area contributed by atoms with Crippen molar-refractivity contribution in [2.24, 2.45) is 0 Å². The number of halogens is 2. The molecule has 1 amide bonds. The maximum absolute atomic E-state index is 13.4. The Balaban J connectivity index is 1.83. The summed E-state index contributed by atoms with van der Waals surface area (Å²) in [7, 11) is 1.53. The van der Waals surface area contributed by atoms with Gasteiger partial charge in [0.2, 0.25) is 5.91 Å². The number of amides is 1. The minimum absolute atomic E-state index is 0.0666. The van der Waals surface area contributed by atoms with Gasteiger partial charge in [0.25, 0.3) is 0 Å². The monoisotopic (exact) mass is 322 g/mol. The highest BCUT2D eigenvalue weighted by Gasteiger charge is 2.06. The van der Waals surface area contributed by atoms with Crippen molar-refractivity contribution in [1.82, 2.24) is 5.32 Å². The molecule has 2 rings (SSSR count). The quantitative estimate of drug-likeness (QED) is 0.858. The number of methoxy groups -OCH3 is 1. The van der Waals surface area contributed by atoms with E-state index >= 15 is 0 Å². The third-order valence-electron chi connectivity index (χ3n) is 3.04. The van der Waals surface area contributed by atoms with E-state index in [0.29, 0.717) is 22.0 Å². The number of carbonyl (C=O) groups excluding carboxylic acids is 1. The molecule has 2 aromatic rings. The van der Waals surface area contributed by atoms with Crippen molar-refractivity contribution in [2.75, 3.05) is 19.0 Å². The zero-order valence-corrected chi connectivity index (χ0v) is 12.8. The van der Waals surface area contributed by atoms with Gasteiger partial charge in [0.05, 0.1) is 18.7 Å². The summed E-state index contributed by atoms with van der Waals surface area (Å²) in [4.78, 5) is 11.8. The maximum atomic E-state index is 13.4. The third kappa shape index (κ3) is 4.36. The van der Waals surface area contributed by atoms with Crippen molar-refractivity contribution in [2.45, 2.75) is 6.54 Å². The standard InChI is InChI=1S/C16H16ClFN2O2/c1-22-15-7-6-12(8-13(15)17)19-10-16(21)20-9-11-4-2-3-5-14(11)18/h2-8,19H,9-10H2,1H3,(H,20,21). The molecule has 0 fully saturated rings. The van der Waals surface area contributed by atoms with Gasteiger partial charge in [-0.15, -0.1) is 0 Å². The van der Waals surface area contributed by atoms with Crippen LogP contribution in [0.1, 0.15) is 5.56 Å². The van der Waals surface area contributed by atoms with Crippen molar-refractivity contribution in [3.63, 3.8) is 0 Å². The van der Waals surface area contributed by atoms with E-state index in [1.807, 2.05) is 0 Å². The normalized spacial score (nSPS) is 10.1. The Kier molecular flexibility index (Phi) is 5.61. The minimum Gasteiger partial charge on any atom is -0.495 e. The van der Waals surface area contributed by atoms with Gasteiger partial charge in [-0.1, -0.05) is 29.8 Å². The van der Waals surface area contributed by atoms with Crippen LogP contribution in [0.15, 0.2) is 42.5 Å². The van der Waals surface area contributed by atoms with Gasteiger partial charge in [-0.2, -0.15) is 0 Å². The lowest BCUT2D eigenvalue weighted by molar-refractivity contribution is -0.119. The SMILES string of the molecule is COc1ccc(NCC(=O)NCc2ccccc2F)cc1Cl. The minimum atomic E-state index is -0.335. The van der Waals surface area contributed by atoms with Gasteiger partial charge in [-0.25, -0.2) is 4.39 Å². The lowest BCUT2D eigenvalue weighted by atomic mass is 10.2. The summed E-state index contributed by atoms with van der Waals surface area (Å²) in [6.07, 6.45) is 0. The van der Waals surface area contributed by atoms with Crippen LogP contribution in [0.2, 0.25) is 5.02 Å². The van der Waals surface area contributed by atoms with Gasteiger partial charge in [0.1, 0.15) is 11.6 Å². The predicted molar refractivity (Wildman–Crippen MR) is 84.7 cm³/mol. The fourth-order valence-electron chi connectivity index (χ4n) is 1.86. The summed E-state index contributed by atoms with van der Waals surface area (Å²) < 4.78 is 18.5. The average Bonchev–Trinajstić information content (AvgIpc) is 2.52. The number of nitrogens with one attached hydrogen (secondary N) is 2. The predicted octanol–water partition coefficient (Wildman–Crippen LogP) is 3.22. The number of hydrogen-bond donors (Lipinski definition) is 2. The first-order valence-electron chi connectivity index (χ1n) is 6.67. The molecular weight excluding hydrogens is 307 g/mol. The van der Waals surface area contributed by atoms with Gasteiger partial charge >= 0.3 is 0 Å². The van der Waals surface area contributed by atoms with Crippen LogP contribution in [0.4, 0.5) is 10.1 Å². The van der Waals surface area contributed by atoms with Gasteiger partial charge in [0, 0.05) is 17.8 Å². The van der Waals surface area contributed by atoms with Crippen molar-refractivity contribution in [3.05, 3.63) is 58.9 Å². The lowest BCUT2D eigenvalue weighted by Crippen LogP contribution is -2.29. The molecule has 0 heterocycles. The molecule has 0 aliphatic heterocycles. The second kappa shape index (κ2) is 7.66. The Morgan fingerprint density at radius 2 is 2.05 bits per heavy atom. The van der Waals surface area contributed by atoms with Crippen LogP contribution < -0.4 is 15.4 Å². The maximum Gasteiger partial charge on any atom is 0.239 e. The Bertz CT molecular complexity index is 664. The zero-order chi connectivity index (χ0) is 15.9. The second-order valence-electron chi connectivity index (χ2n) is 4.57. The summed E-state index contributed by atoms with van der Waals surface area (Å²) in [6.45, 7) is 0.216. The van der Waals surface area contributed by atoms with Crippen LogP contribution in [0.25, 0.3) is 0 Å². The average molecular weight is 323 g/mol. The van der Waals surface area contributed by atoms with Crippen LogP contribution in [-0.4, -0.2) is 19.6 Å². The lowest BCUT2D eigenvalue weighted by Gasteiger charge is -2.10. The zero-order valence-electron chi connectivity index (χ0n) is 12.0. The van der Waals surface area contributed by atoms with E-state index in [1.54, 1.807) is 36.4 Å². The molecular formula is C16H16ClFN2O2. The van der Waals surface area contributed by atoms with Gasteiger partial charge < -0.3 is 15.4 Å². The highest BCUT2D eigenvalue weighted by Crippen LogP contribution is 2.26. The van der Waals surface area contributed by atoms with Crippen molar-refractivity contribution in [3.8, 4) is 5.75 Å². The van der Waals surface area contributed by atoms with E-state index < -0.39 is 0 Å². The summed E-state index contributed by atoms with van der Waals surface area (Å²) in [5.74, 6) is -0.0101. The Morgan fingerprint density at radius 1 is 1.27 bits per heavy atom. The molecule has 0 aliphatic carbocycles. The first-order chi connectivity index (χ1) is 10.6. The summed E-state index contributed by atoms with van der Waals surface area (Å²) in [5, 5.41) is 6.05. The van der Waals surface area contributed by atoms with E-state index in [9.17, 15) is 9.18 Å². The topological polar surface area (TPSA) is 50.4 Å².